The van der Waals surface area contributed by atoms with E-state index in [0.717, 1.165) is 19.5 Å². The Morgan fingerprint density at radius 2 is 2.57 bits per heavy atom. The molecule has 2 heterocycles. The summed E-state index contributed by atoms with van der Waals surface area (Å²) in [6.07, 6.45) is 1.55. The number of piperidine rings is 1. The normalized spacial score (nSPS) is 37.1. The fourth-order valence-corrected chi connectivity index (χ4v) is 2.26. The zero-order valence-electron chi connectivity index (χ0n) is 8.25. The Balaban J connectivity index is 2.25. The van der Waals surface area contributed by atoms with Crippen molar-refractivity contribution in [3.8, 4) is 0 Å². The molecule has 0 aliphatic carbocycles. The lowest BCUT2D eigenvalue weighted by Gasteiger charge is -2.37. The van der Waals surface area contributed by atoms with E-state index in [9.17, 15) is 4.79 Å². The Bertz CT molecular complexity index is 290. The van der Waals surface area contributed by atoms with Gasteiger partial charge in [0, 0.05) is 18.9 Å². The van der Waals surface area contributed by atoms with Crippen molar-refractivity contribution >= 4 is 11.9 Å². The van der Waals surface area contributed by atoms with Crippen LogP contribution in [-0.4, -0.2) is 30.6 Å². The van der Waals surface area contributed by atoms with Gasteiger partial charge in [-0.1, -0.05) is 6.92 Å². The molecule has 0 aromatic carbocycles. The Morgan fingerprint density at radius 3 is 3.14 bits per heavy atom. The Labute approximate surface area is 82.7 Å². The van der Waals surface area contributed by atoms with Crippen LogP contribution in [-0.2, 0) is 9.53 Å². The minimum atomic E-state index is -0.760. The molecule has 14 heavy (non-hydrogen) atoms. The lowest BCUT2D eigenvalue weighted by molar-refractivity contribution is -0.138. The van der Waals surface area contributed by atoms with Crippen LogP contribution in [0.2, 0.25) is 0 Å². The smallest absolute Gasteiger partial charge is 0.294 e. The SMILES string of the molecule is CCC1CNCCC12OC(N)=NC2=O. The Hall–Kier alpha value is -1.10. The molecular weight excluding hydrogens is 182 g/mol. The first kappa shape index (κ1) is 9.45. The average Bonchev–Trinajstić information content (AvgIpc) is 2.43. The van der Waals surface area contributed by atoms with Crippen LogP contribution in [0, 0.1) is 5.92 Å². The molecule has 2 aliphatic rings. The van der Waals surface area contributed by atoms with Gasteiger partial charge in [0.15, 0.2) is 5.60 Å². The van der Waals surface area contributed by atoms with Gasteiger partial charge in [-0.3, -0.25) is 4.79 Å². The van der Waals surface area contributed by atoms with Gasteiger partial charge in [0.25, 0.3) is 11.9 Å². The topological polar surface area (TPSA) is 76.7 Å². The standard InChI is InChI=1S/C9H15N3O2/c1-2-6-5-11-4-3-9(6)7(13)12-8(10)14-9/h6,11H,2-5H2,1H3,(H2,10,12,13). The molecule has 2 atom stereocenters. The highest BCUT2D eigenvalue weighted by atomic mass is 16.5. The molecule has 0 aromatic heterocycles. The fraction of sp³-hybridized carbons (Fsp3) is 0.778. The molecule has 5 heteroatoms. The molecule has 1 spiro atoms. The van der Waals surface area contributed by atoms with E-state index in [0.29, 0.717) is 6.42 Å². The van der Waals surface area contributed by atoms with Crippen LogP contribution >= 0.6 is 0 Å². The van der Waals surface area contributed by atoms with Crippen molar-refractivity contribution in [3.05, 3.63) is 0 Å². The van der Waals surface area contributed by atoms with Gasteiger partial charge in [0.05, 0.1) is 0 Å². The van der Waals surface area contributed by atoms with E-state index in [1.807, 2.05) is 6.92 Å². The van der Waals surface area contributed by atoms with Crippen molar-refractivity contribution in [2.45, 2.75) is 25.4 Å². The van der Waals surface area contributed by atoms with Crippen molar-refractivity contribution in [3.63, 3.8) is 0 Å². The highest BCUT2D eigenvalue weighted by molar-refractivity contribution is 6.01. The van der Waals surface area contributed by atoms with Crippen LogP contribution in [0.3, 0.4) is 0 Å². The predicted molar refractivity (Wildman–Crippen MR) is 51.7 cm³/mol. The van der Waals surface area contributed by atoms with Crippen LogP contribution in [0.25, 0.3) is 0 Å². The first-order chi connectivity index (χ1) is 6.69. The summed E-state index contributed by atoms with van der Waals surface area (Å²) < 4.78 is 5.44. The number of carbonyl (C=O) groups is 1. The number of ether oxygens (including phenoxy) is 1. The summed E-state index contributed by atoms with van der Waals surface area (Å²) in [4.78, 5) is 15.4. The molecule has 2 unspecified atom stereocenters. The van der Waals surface area contributed by atoms with Crippen LogP contribution in [0.15, 0.2) is 4.99 Å². The van der Waals surface area contributed by atoms with Crippen LogP contribution < -0.4 is 11.1 Å². The Morgan fingerprint density at radius 1 is 1.79 bits per heavy atom. The van der Waals surface area contributed by atoms with Crippen LogP contribution in [0.1, 0.15) is 19.8 Å². The van der Waals surface area contributed by atoms with Crippen molar-refractivity contribution in [1.82, 2.24) is 5.32 Å². The summed E-state index contributed by atoms with van der Waals surface area (Å²) in [6, 6.07) is 0.0235. The van der Waals surface area contributed by atoms with Gasteiger partial charge in [0.2, 0.25) is 0 Å². The number of amidine groups is 1. The lowest BCUT2D eigenvalue weighted by Crippen LogP contribution is -2.54. The van der Waals surface area contributed by atoms with Crippen LogP contribution in [0.5, 0.6) is 0 Å². The number of carbonyl (C=O) groups excluding carboxylic acids is 1. The summed E-state index contributed by atoms with van der Waals surface area (Å²) in [5, 5.41) is 3.25. The number of amides is 1. The molecule has 0 saturated carbocycles. The van der Waals surface area contributed by atoms with E-state index in [-0.39, 0.29) is 17.8 Å². The van der Waals surface area contributed by atoms with Crippen molar-refractivity contribution < 1.29 is 9.53 Å². The fourth-order valence-electron chi connectivity index (χ4n) is 2.26. The average molecular weight is 197 g/mol. The maximum atomic E-state index is 11.7. The second-order valence-electron chi connectivity index (χ2n) is 3.81. The molecule has 1 amide bonds. The zero-order valence-corrected chi connectivity index (χ0v) is 8.25. The van der Waals surface area contributed by atoms with E-state index < -0.39 is 5.60 Å². The molecule has 2 aliphatic heterocycles. The highest BCUT2D eigenvalue weighted by Gasteiger charge is 2.52. The number of nitrogens with two attached hydrogens (primary N) is 1. The second kappa shape index (κ2) is 3.24. The van der Waals surface area contributed by atoms with E-state index in [4.69, 9.17) is 10.5 Å². The predicted octanol–water partition coefficient (Wildman–Crippen LogP) is -0.384. The first-order valence-electron chi connectivity index (χ1n) is 4.97. The summed E-state index contributed by atoms with van der Waals surface area (Å²) in [6.45, 7) is 3.63. The third kappa shape index (κ3) is 1.19. The molecule has 78 valence electrons. The quantitative estimate of drug-likeness (QED) is 0.600. The number of aliphatic imine (C=N–C) groups is 1. The van der Waals surface area contributed by atoms with Gasteiger partial charge < -0.3 is 15.8 Å². The number of rotatable bonds is 1. The molecule has 1 fully saturated rings. The molecule has 5 nitrogen and oxygen atoms in total. The molecule has 0 radical (unpaired) electrons. The van der Waals surface area contributed by atoms with Gasteiger partial charge in [-0.05, 0) is 13.0 Å². The van der Waals surface area contributed by atoms with E-state index in [1.165, 1.54) is 0 Å². The third-order valence-electron chi connectivity index (χ3n) is 3.08. The lowest BCUT2D eigenvalue weighted by atomic mass is 9.79. The minimum Gasteiger partial charge on any atom is -0.448 e. The van der Waals surface area contributed by atoms with Crippen LogP contribution in [0.4, 0.5) is 0 Å². The summed E-state index contributed by atoms with van der Waals surface area (Å²) in [7, 11) is 0. The van der Waals surface area contributed by atoms with E-state index in [2.05, 4.69) is 10.3 Å². The monoisotopic (exact) mass is 197 g/mol. The summed E-state index contributed by atoms with van der Waals surface area (Å²) in [5.41, 5.74) is 4.67. The van der Waals surface area contributed by atoms with Gasteiger partial charge >= 0.3 is 0 Å². The largest absolute Gasteiger partial charge is 0.448 e. The van der Waals surface area contributed by atoms with E-state index >= 15 is 0 Å². The third-order valence-corrected chi connectivity index (χ3v) is 3.08. The summed E-state index contributed by atoms with van der Waals surface area (Å²) >= 11 is 0. The summed E-state index contributed by atoms with van der Waals surface area (Å²) in [5.74, 6) is -0.0306. The number of nitrogens with zero attached hydrogens (tertiary/aromatic N) is 1. The molecular formula is C9H15N3O2. The molecule has 1 saturated heterocycles. The number of hydrogen-bond acceptors (Lipinski definition) is 4. The van der Waals surface area contributed by atoms with Crippen molar-refractivity contribution in [2.24, 2.45) is 16.6 Å². The molecule has 3 N–H and O–H groups in total. The van der Waals surface area contributed by atoms with E-state index in [1.54, 1.807) is 0 Å². The van der Waals surface area contributed by atoms with Gasteiger partial charge in [-0.15, -0.1) is 0 Å². The zero-order chi connectivity index (χ0) is 10.2. The molecule has 0 aromatic rings. The maximum absolute atomic E-state index is 11.7. The van der Waals surface area contributed by atoms with Crippen molar-refractivity contribution in [1.29, 1.82) is 0 Å². The first-order valence-corrected chi connectivity index (χ1v) is 4.97. The molecule has 2 rings (SSSR count). The second-order valence-corrected chi connectivity index (χ2v) is 3.81. The van der Waals surface area contributed by atoms with Gasteiger partial charge in [-0.25, -0.2) is 0 Å². The highest BCUT2D eigenvalue weighted by Crippen LogP contribution is 2.35. The number of hydrogen-bond donors (Lipinski definition) is 2. The van der Waals surface area contributed by atoms with Gasteiger partial charge in [-0.2, -0.15) is 4.99 Å². The molecule has 0 bridgehead atoms. The maximum Gasteiger partial charge on any atom is 0.294 e. The Kier molecular flexibility index (Phi) is 2.19. The van der Waals surface area contributed by atoms with Crippen molar-refractivity contribution in [2.75, 3.05) is 13.1 Å². The van der Waals surface area contributed by atoms with Gasteiger partial charge in [0.1, 0.15) is 0 Å². The minimum absolute atomic E-state index is 0.0235. The number of nitrogens with one attached hydrogen (secondary N) is 1.